The molecule has 152 valence electrons. The van der Waals surface area contributed by atoms with E-state index in [1.165, 1.54) is 6.42 Å². The number of carbonyl (C=O) groups excluding carboxylic acids is 2. The number of hydrogen-bond acceptors (Lipinski definition) is 3. The van der Waals surface area contributed by atoms with Crippen LogP contribution in [0.1, 0.15) is 50.5 Å². The molecular formula is C22H30ClN3O2. The fourth-order valence-electron chi connectivity index (χ4n) is 4.68. The van der Waals surface area contributed by atoms with Crippen molar-refractivity contribution in [3.05, 3.63) is 34.9 Å². The summed E-state index contributed by atoms with van der Waals surface area (Å²) >= 11 is 6.25. The zero-order valence-electron chi connectivity index (χ0n) is 16.5. The van der Waals surface area contributed by atoms with Crippen LogP contribution in [0.3, 0.4) is 0 Å². The van der Waals surface area contributed by atoms with E-state index in [1.807, 2.05) is 23.1 Å². The third kappa shape index (κ3) is 4.36. The molecule has 0 atom stereocenters. The highest BCUT2D eigenvalue weighted by Gasteiger charge is 2.44. The minimum Gasteiger partial charge on any atom is -0.352 e. The van der Waals surface area contributed by atoms with Gasteiger partial charge in [-0.3, -0.25) is 14.5 Å². The second-order valence-corrected chi connectivity index (χ2v) is 9.00. The summed E-state index contributed by atoms with van der Waals surface area (Å²) in [6.45, 7) is 3.35. The summed E-state index contributed by atoms with van der Waals surface area (Å²) < 4.78 is 0. The molecular weight excluding hydrogens is 374 g/mol. The van der Waals surface area contributed by atoms with Crippen molar-refractivity contribution in [3.63, 3.8) is 0 Å². The number of rotatable bonds is 5. The van der Waals surface area contributed by atoms with Gasteiger partial charge in [0.2, 0.25) is 11.8 Å². The van der Waals surface area contributed by atoms with Crippen molar-refractivity contribution in [1.82, 2.24) is 15.1 Å². The highest BCUT2D eigenvalue weighted by molar-refractivity contribution is 6.30. The molecule has 1 aliphatic heterocycles. The lowest BCUT2D eigenvalue weighted by molar-refractivity contribution is -0.140. The lowest BCUT2D eigenvalue weighted by Crippen LogP contribution is -2.56. The lowest BCUT2D eigenvalue weighted by Gasteiger charge is -2.43. The van der Waals surface area contributed by atoms with Crippen LogP contribution in [0, 0.1) is 0 Å². The number of piperazine rings is 1. The topological polar surface area (TPSA) is 52.7 Å². The number of hydrogen-bond donors (Lipinski definition) is 1. The van der Waals surface area contributed by atoms with E-state index in [-0.39, 0.29) is 11.8 Å². The molecule has 4 rings (SSSR count). The Hall–Kier alpha value is -1.59. The molecule has 2 amide bonds. The molecule has 0 radical (unpaired) electrons. The van der Waals surface area contributed by atoms with Crippen LogP contribution in [0.2, 0.25) is 5.02 Å². The molecule has 0 spiro atoms. The third-order valence-electron chi connectivity index (χ3n) is 6.46. The molecule has 0 bridgehead atoms. The minimum atomic E-state index is -0.436. The number of nitrogens with zero attached hydrogens (tertiary/aromatic N) is 2. The fraction of sp³-hybridized carbons (Fsp3) is 0.636. The zero-order chi connectivity index (χ0) is 19.6. The highest BCUT2D eigenvalue weighted by Crippen LogP contribution is 2.42. The first-order valence-electron chi connectivity index (χ1n) is 10.6. The summed E-state index contributed by atoms with van der Waals surface area (Å²) in [5, 5.41) is 3.74. The summed E-state index contributed by atoms with van der Waals surface area (Å²) in [6, 6.07) is 8.27. The summed E-state index contributed by atoms with van der Waals surface area (Å²) in [6.07, 6.45) is 7.38. The lowest BCUT2D eigenvalue weighted by atomic mass is 9.68. The van der Waals surface area contributed by atoms with Gasteiger partial charge in [0, 0.05) is 37.2 Å². The van der Waals surface area contributed by atoms with Gasteiger partial charge in [0.05, 0.1) is 12.0 Å². The molecule has 0 aromatic heterocycles. The Balaban J connectivity index is 1.41. The van der Waals surface area contributed by atoms with Gasteiger partial charge in [0.1, 0.15) is 0 Å². The second-order valence-electron chi connectivity index (χ2n) is 8.56. The normalized spacial score (nSPS) is 22.7. The predicted octanol–water partition coefficient (Wildman–Crippen LogP) is 2.96. The van der Waals surface area contributed by atoms with Crippen LogP contribution in [-0.2, 0) is 15.0 Å². The fourth-order valence-corrected chi connectivity index (χ4v) is 4.87. The Bertz CT molecular complexity index is 720. The maximum Gasteiger partial charge on any atom is 0.234 e. The molecule has 5 nitrogen and oxygen atoms in total. The first-order valence-corrected chi connectivity index (χ1v) is 11.0. The number of carbonyl (C=O) groups is 2. The van der Waals surface area contributed by atoms with Crippen LogP contribution in [0.5, 0.6) is 0 Å². The smallest absolute Gasteiger partial charge is 0.234 e. The number of benzene rings is 1. The largest absolute Gasteiger partial charge is 0.352 e. The van der Waals surface area contributed by atoms with Gasteiger partial charge in [-0.1, -0.05) is 43.0 Å². The molecule has 3 aliphatic rings. The molecule has 28 heavy (non-hydrogen) atoms. The van der Waals surface area contributed by atoms with Crippen molar-refractivity contribution >= 4 is 23.4 Å². The number of amides is 2. The Morgan fingerprint density at radius 2 is 1.79 bits per heavy atom. The van der Waals surface area contributed by atoms with Gasteiger partial charge in [0.25, 0.3) is 0 Å². The van der Waals surface area contributed by atoms with Gasteiger partial charge < -0.3 is 10.2 Å². The van der Waals surface area contributed by atoms with E-state index in [1.54, 1.807) is 0 Å². The van der Waals surface area contributed by atoms with Crippen LogP contribution in [0.25, 0.3) is 0 Å². The van der Waals surface area contributed by atoms with E-state index in [0.717, 1.165) is 57.2 Å². The molecule has 3 fully saturated rings. The van der Waals surface area contributed by atoms with Gasteiger partial charge in [-0.15, -0.1) is 0 Å². The van der Waals surface area contributed by atoms with Crippen molar-refractivity contribution in [2.24, 2.45) is 0 Å². The molecule has 0 unspecified atom stereocenters. The van der Waals surface area contributed by atoms with Crippen LogP contribution in [0.4, 0.5) is 0 Å². The summed E-state index contributed by atoms with van der Waals surface area (Å²) in [5.41, 5.74) is 0.630. The molecule has 1 aromatic rings. The first-order chi connectivity index (χ1) is 13.6. The van der Waals surface area contributed by atoms with E-state index in [4.69, 9.17) is 11.6 Å². The Morgan fingerprint density at radius 1 is 1.07 bits per heavy atom. The molecule has 1 saturated heterocycles. The van der Waals surface area contributed by atoms with E-state index in [2.05, 4.69) is 16.3 Å². The highest BCUT2D eigenvalue weighted by atomic mass is 35.5. The van der Waals surface area contributed by atoms with Crippen LogP contribution in [0.15, 0.2) is 24.3 Å². The Labute approximate surface area is 172 Å². The summed E-state index contributed by atoms with van der Waals surface area (Å²) in [4.78, 5) is 29.9. The SMILES string of the molecule is O=C(CN1CCN(C(=O)C2(c3cccc(Cl)c3)CCCCC2)CC1)NC1CC1. The molecule has 1 N–H and O–H groups in total. The van der Waals surface area contributed by atoms with Crippen molar-refractivity contribution in [2.45, 2.75) is 56.4 Å². The third-order valence-corrected chi connectivity index (χ3v) is 6.70. The van der Waals surface area contributed by atoms with Gasteiger partial charge in [-0.05, 0) is 43.4 Å². The average molecular weight is 404 g/mol. The number of nitrogens with one attached hydrogen (secondary N) is 1. The van der Waals surface area contributed by atoms with Crippen molar-refractivity contribution < 1.29 is 9.59 Å². The van der Waals surface area contributed by atoms with Gasteiger partial charge in [-0.25, -0.2) is 0 Å². The minimum absolute atomic E-state index is 0.116. The molecule has 2 saturated carbocycles. The average Bonchev–Trinajstić information content (AvgIpc) is 3.52. The monoisotopic (exact) mass is 403 g/mol. The van der Waals surface area contributed by atoms with Gasteiger partial charge in [-0.2, -0.15) is 0 Å². The quantitative estimate of drug-likeness (QED) is 0.822. The first kappa shape index (κ1) is 19.7. The van der Waals surface area contributed by atoms with Crippen molar-refractivity contribution in [1.29, 1.82) is 0 Å². The van der Waals surface area contributed by atoms with Gasteiger partial charge >= 0.3 is 0 Å². The maximum atomic E-state index is 13.7. The zero-order valence-corrected chi connectivity index (χ0v) is 17.2. The molecule has 1 aromatic carbocycles. The van der Waals surface area contributed by atoms with E-state index >= 15 is 0 Å². The van der Waals surface area contributed by atoms with Gasteiger partial charge in [0.15, 0.2) is 0 Å². The van der Waals surface area contributed by atoms with Crippen molar-refractivity contribution in [2.75, 3.05) is 32.7 Å². The predicted molar refractivity (Wildman–Crippen MR) is 110 cm³/mol. The molecule has 2 aliphatic carbocycles. The van der Waals surface area contributed by atoms with Crippen LogP contribution >= 0.6 is 11.6 Å². The maximum absolute atomic E-state index is 13.7. The Kier molecular flexibility index (Phi) is 5.93. The van der Waals surface area contributed by atoms with Crippen LogP contribution in [-0.4, -0.2) is 60.4 Å². The van der Waals surface area contributed by atoms with Crippen molar-refractivity contribution in [3.8, 4) is 0 Å². The van der Waals surface area contributed by atoms with E-state index in [9.17, 15) is 9.59 Å². The molecule has 6 heteroatoms. The van der Waals surface area contributed by atoms with E-state index < -0.39 is 5.41 Å². The summed E-state index contributed by atoms with van der Waals surface area (Å²) in [5.74, 6) is 0.363. The molecule has 1 heterocycles. The Morgan fingerprint density at radius 3 is 2.43 bits per heavy atom. The number of halogens is 1. The van der Waals surface area contributed by atoms with E-state index in [0.29, 0.717) is 30.7 Å². The summed E-state index contributed by atoms with van der Waals surface area (Å²) in [7, 11) is 0. The second kappa shape index (κ2) is 8.42. The standard InChI is InChI=1S/C22H30ClN3O2/c23-18-6-4-5-17(15-18)22(9-2-1-3-10-22)21(28)26-13-11-25(12-14-26)16-20(27)24-19-7-8-19/h4-6,15,19H,1-3,7-14,16H2,(H,24,27). The van der Waals surface area contributed by atoms with Crippen LogP contribution < -0.4 is 5.32 Å².